The molecule has 0 radical (unpaired) electrons. The summed E-state index contributed by atoms with van der Waals surface area (Å²) in [7, 11) is 0. The first-order valence-electron chi connectivity index (χ1n) is 10.3. The van der Waals surface area contributed by atoms with Crippen LogP contribution in [-0.2, 0) is 16.1 Å². The fourth-order valence-electron chi connectivity index (χ4n) is 4.37. The monoisotopic (exact) mass is 382 g/mol. The van der Waals surface area contributed by atoms with E-state index in [9.17, 15) is 9.90 Å². The summed E-state index contributed by atoms with van der Waals surface area (Å²) in [5.74, 6) is 0.437. The molecule has 0 aromatic heterocycles. The minimum absolute atomic E-state index is 0.0260. The lowest BCUT2D eigenvalue weighted by molar-refractivity contribution is -0.223. The second-order valence-corrected chi connectivity index (χ2v) is 8.67. The molecule has 2 fully saturated rings. The fraction of sp³-hybridized carbons (Fsp3) is 0.522. The largest absolute Gasteiger partial charge is 0.508 e. The van der Waals surface area contributed by atoms with Gasteiger partial charge in [-0.05, 0) is 47.4 Å². The van der Waals surface area contributed by atoms with E-state index >= 15 is 0 Å². The van der Waals surface area contributed by atoms with E-state index in [-0.39, 0.29) is 23.5 Å². The molecule has 0 saturated carbocycles. The highest BCUT2D eigenvalue weighted by Gasteiger charge is 2.47. The Labute approximate surface area is 166 Å². The van der Waals surface area contributed by atoms with Crippen LogP contribution in [0.3, 0.4) is 0 Å². The minimum atomic E-state index is 0.0260. The van der Waals surface area contributed by atoms with Crippen molar-refractivity contribution in [2.75, 3.05) is 19.6 Å². The Bertz CT molecular complexity index is 848. The van der Waals surface area contributed by atoms with Gasteiger partial charge in [-0.2, -0.15) is 0 Å². The van der Waals surface area contributed by atoms with Crippen molar-refractivity contribution in [3.05, 3.63) is 42.0 Å². The molecule has 2 heterocycles. The van der Waals surface area contributed by atoms with E-state index in [0.29, 0.717) is 12.3 Å². The zero-order valence-corrected chi connectivity index (χ0v) is 16.8. The number of hydrogen-bond acceptors (Lipinski definition) is 4. The van der Waals surface area contributed by atoms with Gasteiger partial charge in [-0.15, -0.1) is 0 Å². The average molecular weight is 383 g/mol. The molecule has 0 unspecified atom stereocenters. The number of benzene rings is 2. The van der Waals surface area contributed by atoms with Crippen LogP contribution in [0.15, 0.2) is 36.4 Å². The molecule has 4 rings (SSSR count). The number of carbonyl (C=O) groups excluding carboxylic acids is 1. The Hall–Kier alpha value is -2.11. The van der Waals surface area contributed by atoms with Crippen LogP contribution in [0.2, 0.25) is 0 Å². The number of fused-ring (bicyclic) bond motifs is 1. The van der Waals surface area contributed by atoms with Crippen molar-refractivity contribution in [2.24, 2.45) is 5.92 Å². The summed E-state index contributed by atoms with van der Waals surface area (Å²) in [6.07, 6.45) is 3.34. The second kappa shape index (κ2) is 7.72. The van der Waals surface area contributed by atoms with Crippen molar-refractivity contribution in [1.29, 1.82) is 0 Å². The van der Waals surface area contributed by atoms with E-state index < -0.39 is 0 Å². The van der Waals surface area contributed by atoms with Gasteiger partial charge in [0.1, 0.15) is 5.75 Å². The van der Waals surface area contributed by atoms with Crippen LogP contribution in [0, 0.1) is 5.92 Å². The molecule has 2 N–H and O–H groups in total. The first-order chi connectivity index (χ1) is 13.4. The van der Waals surface area contributed by atoms with Crippen LogP contribution in [0.25, 0.3) is 10.8 Å². The number of likely N-dealkylation sites (tertiary alicyclic amines) is 1. The zero-order chi connectivity index (χ0) is 19.7. The molecule has 5 nitrogen and oxygen atoms in total. The van der Waals surface area contributed by atoms with Crippen LogP contribution in [-0.4, -0.2) is 47.3 Å². The molecular weight excluding hydrogens is 352 g/mol. The highest BCUT2D eigenvalue weighted by molar-refractivity contribution is 5.84. The molecule has 28 heavy (non-hydrogen) atoms. The number of ether oxygens (including phenoxy) is 1. The van der Waals surface area contributed by atoms with Gasteiger partial charge >= 0.3 is 0 Å². The van der Waals surface area contributed by atoms with E-state index in [0.717, 1.165) is 49.7 Å². The molecule has 0 bridgehead atoms. The molecule has 1 atom stereocenters. The van der Waals surface area contributed by atoms with Crippen molar-refractivity contribution in [1.82, 2.24) is 10.2 Å². The van der Waals surface area contributed by atoms with Crippen LogP contribution >= 0.6 is 0 Å². The van der Waals surface area contributed by atoms with Crippen molar-refractivity contribution in [3.63, 3.8) is 0 Å². The quantitative estimate of drug-likeness (QED) is 0.832. The number of carbonyl (C=O) groups is 1. The van der Waals surface area contributed by atoms with Crippen molar-refractivity contribution >= 4 is 16.7 Å². The lowest BCUT2D eigenvalue weighted by Gasteiger charge is -2.52. The summed E-state index contributed by atoms with van der Waals surface area (Å²) in [5.41, 5.74) is 1.34. The molecule has 2 aromatic carbocycles. The molecule has 150 valence electrons. The Morgan fingerprint density at radius 2 is 1.89 bits per heavy atom. The predicted octanol–water partition coefficient (Wildman–Crippen LogP) is 3.44. The van der Waals surface area contributed by atoms with Gasteiger partial charge in [-0.1, -0.05) is 32.0 Å². The minimum Gasteiger partial charge on any atom is -0.508 e. The number of amides is 1. The number of nitrogens with zero attached hydrogens (tertiary/aromatic N) is 1. The first kappa shape index (κ1) is 19.2. The predicted molar refractivity (Wildman–Crippen MR) is 110 cm³/mol. The van der Waals surface area contributed by atoms with Gasteiger partial charge in [0.15, 0.2) is 0 Å². The van der Waals surface area contributed by atoms with Crippen LogP contribution in [0.5, 0.6) is 5.75 Å². The number of phenols is 1. The standard InChI is InChI=1S/C23H30N2O3/c1-16(2)22(27)24-14-21-13-23(28-21)7-9-25(10-8-23)15-17-3-4-19-12-20(26)6-5-18(19)11-17/h3-6,11-12,16,21,26H,7-10,13-15H2,1-2H3,(H,24,27)/t21-/m1/s1. The maximum absolute atomic E-state index is 11.7. The molecule has 2 aliphatic rings. The van der Waals surface area contributed by atoms with Gasteiger partial charge in [0.25, 0.3) is 0 Å². The third-order valence-corrected chi connectivity index (χ3v) is 6.11. The van der Waals surface area contributed by atoms with Crippen LogP contribution < -0.4 is 5.32 Å². The molecule has 2 aliphatic heterocycles. The van der Waals surface area contributed by atoms with Gasteiger partial charge in [0.05, 0.1) is 11.7 Å². The van der Waals surface area contributed by atoms with E-state index in [1.807, 2.05) is 19.9 Å². The van der Waals surface area contributed by atoms with Gasteiger partial charge in [-0.3, -0.25) is 9.69 Å². The fourth-order valence-corrected chi connectivity index (χ4v) is 4.37. The molecule has 2 saturated heterocycles. The van der Waals surface area contributed by atoms with Crippen LogP contribution in [0.4, 0.5) is 0 Å². The summed E-state index contributed by atoms with van der Waals surface area (Å²) in [6, 6.07) is 12.0. The topological polar surface area (TPSA) is 61.8 Å². The molecule has 2 aromatic rings. The highest BCUT2D eigenvalue weighted by Crippen LogP contribution is 2.41. The maximum atomic E-state index is 11.7. The third kappa shape index (κ3) is 4.15. The number of rotatable bonds is 5. The normalized spacial score (nSPS) is 21.8. The Balaban J connectivity index is 1.25. The Morgan fingerprint density at radius 3 is 2.61 bits per heavy atom. The zero-order valence-electron chi connectivity index (χ0n) is 16.8. The van der Waals surface area contributed by atoms with E-state index in [1.54, 1.807) is 12.1 Å². The van der Waals surface area contributed by atoms with Crippen molar-refractivity contribution in [2.45, 2.75) is 51.4 Å². The highest BCUT2D eigenvalue weighted by atomic mass is 16.5. The van der Waals surface area contributed by atoms with E-state index in [1.165, 1.54) is 5.56 Å². The van der Waals surface area contributed by atoms with Gasteiger partial charge in [0.2, 0.25) is 5.91 Å². The van der Waals surface area contributed by atoms with Gasteiger partial charge in [-0.25, -0.2) is 0 Å². The van der Waals surface area contributed by atoms with E-state index in [4.69, 9.17) is 4.74 Å². The number of hydrogen-bond donors (Lipinski definition) is 2. The summed E-state index contributed by atoms with van der Waals surface area (Å²) in [6.45, 7) is 7.48. The number of piperidine rings is 1. The van der Waals surface area contributed by atoms with Gasteiger partial charge < -0.3 is 15.2 Å². The Kier molecular flexibility index (Phi) is 5.30. The summed E-state index contributed by atoms with van der Waals surface area (Å²) < 4.78 is 6.20. The lowest BCUT2D eigenvalue weighted by Crippen LogP contribution is -2.59. The Morgan fingerprint density at radius 1 is 1.21 bits per heavy atom. The lowest BCUT2D eigenvalue weighted by atomic mass is 9.80. The summed E-state index contributed by atoms with van der Waals surface area (Å²) in [4.78, 5) is 14.2. The van der Waals surface area contributed by atoms with E-state index in [2.05, 4.69) is 28.4 Å². The number of aromatic hydroxyl groups is 1. The number of nitrogens with one attached hydrogen (secondary N) is 1. The molecular formula is C23H30N2O3. The third-order valence-electron chi connectivity index (χ3n) is 6.11. The average Bonchev–Trinajstić information content (AvgIpc) is 2.65. The molecule has 5 heteroatoms. The summed E-state index contributed by atoms with van der Waals surface area (Å²) >= 11 is 0. The van der Waals surface area contributed by atoms with Gasteiger partial charge in [0, 0.05) is 38.5 Å². The second-order valence-electron chi connectivity index (χ2n) is 8.67. The molecule has 1 spiro atoms. The van der Waals surface area contributed by atoms with Crippen molar-refractivity contribution < 1.29 is 14.6 Å². The van der Waals surface area contributed by atoms with Crippen molar-refractivity contribution in [3.8, 4) is 5.75 Å². The molecule has 0 aliphatic carbocycles. The maximum Gasteiger partial charge on any atom is 0.222 e. The number of phenolic OH excluding ortho intramolecular Hbond substituents is 1. The molecule has 1 amide bonds. The SMILES string of the molecule is CC(C)C(=O)NC[C@H]1CC2(CCN(Cc3ccc4cc(O)ccc4c3)CC2)O1. The summed E-state index contributed by atoms with van der Waals surface area (Å²) in [5, 5.41) is 14.8. The first-order valence-corrected chi connectivity index (χ1v) is 10.3. The van der Waals surface area contributed by atoms with Crippen LogP contribution in [0.1, 0.15) is 38.7 Å². The smallest absolute Gasteiger partial charge is 0.222 e.